The van der Waals surface area contributed by atoms with Gasteiger partial charge in [-0.3, -0.25) is 4.79 Å². The molecule has 1 saturated heterocycles. The molecule has 2 heterocycles. The number of halogens is 3. The van der Waals surface area contributed by atoms with E-state index in [1.54, 1.807) is 6.92 Å². The number of nitrogens with one attached hydrogen (secondary N) is 1. The maximum Gasteiger partial charge on any atom is 0.573 e. The number of carbonyl (C=O) groups excluding carboxylic acids is 2. The molecule has 1 atom stereocenters. The molecule has 7 nitrogen and oxygen atoms in total. The van der Waals surface area contributed by atoms with Crippen LogP contribution in [0.2, 0.25) is 0 Å². The number of ether oxygens (including phenoxy) is 1. The molecule has 1 aliphatic rings. The van der Waals surface area contributed by atoms with Crippen LogP contribution >= 0.6 is 0 Å². The van der Waals surface area contributed by atoms with Crippen LogP contribution in [0, 0.1) is 0 Å². The third-order valence-corrected chi connectivity index (χ3v) is 5.38. The number of amides is 3. The summed E-state index contributed by atoms with van der Waals surface area (Å²) in [6, 6.07) is 13.3. The van der Waals surface area contributed by atoms with Crippen LogP contribution in [-0.2, 0) is 11.2 Å². The van der Waals surface area contributed by atoms with Gasteiger partial charge in [-0.25, -0.2) is 14.7 Å². The molecule has 33 heavy (non-hydrogen) atoms. The van der Waals surface area contributed by atoms with E-state index in [1.807, 2.05) is 49.3 Å². The van der Waals surface area contributed by atoms with Gasteiger partial charge in [0.25, 0.3) is 5.91 Å². The van der Waals surface area contributed by atoms with Gasteiger partial charge < -0.3 is 15.0 Å². The van der Waals surface area contributed by atoms with Crippen molar-refractivity contribution >= 4 is 34.3 Å². The quantitative estimate of drug-likeness (QED) is 0.579. The molecular formula is C23H21F3N4O3. The lowest BCUT2D eigenvalue weighted by atomic mass is 9.90. The van der Waals surface area contributed by atoms with Crippen molar-refractivity contribution in [1.29, 1.82) is 0 Å². The first-order valence-corrected chi connectivity index (χ1v) is 10.1. The van der Waals surface area contributed by atoms with E-state index < -0.39 is 29.6 Å². The number of carbonyl (C=O) groups is 2. The van der Waals surface area contributed by atoms with Crippen molar-refractivity contribution in [3.63, 3.8) is 0 Å². The fraction of sp³-hybridized carbons (Fsp3) is 0.261. The van der Waals surface area contributed by atoms with Gasteiger partial charge in [0.15, 0.2) is 0 Å². The van der Waals surface area contributed by atoms with Crippen molar-refractivity contribution in [3.8, 4) is 5.75 Å². The number of imide groups is 1. The van der Waals surface area contributed by atoms with E-state index >= 15 is 0 Å². The third-order valence-electron chi connectivity index (χ3n) is 5.38. The number of hydrogen-bond acceptors (Lipinski definition) is 5. The summed E-state index contributed by atoms with van der Waals surface area (Å²) in [7, 11) is 3.72. The minimum Gasteiger partial charge on any atom is -0.406 e. The molecule has 1 unspecified atom stereocenters. The smallest absolute Gasteiger partial charge is 0.406 e. The first kappa shape index (κ1) is 22.4. The average molecular weight is 458 g/mol. The van der Waals surface area contributed by atoms with Gasteiger partial charge in [0.05, 0.1) is 11.2 Å². The van der Waals surface area contributed by atoms with Gasteiger partial charge in [-0.05, 0) is 48.9 Å². The number of urea groups is 1. The summed E-state index contributed by atoms with van der Waals surface area (Å²) in [5.74, 6) is -0.244. The molecule has 1 aliphatic heterocycles. The Hall–Kier alpha value is -3.82. The highest BCUT2D eigenvalue weighted by molar-refractivity contribution is 6.23. The molecule has 4 rings (SSSR count). The Morgan fingerprint density at radius 2 is 1.76 bits per heavy atom. The lowest BCUT2D eigenvalue weighted by molar-refractivity contribution is -0.274. The number of alkyl halides is 3. The van der Waals surface area contributed by atoms with Crippen LogP contribution in [0.3, 0.4) is 0 Å². The zero-order chi connectivity index (χ0) is 24.0. The lowest BCUT2D eigenvalue weighted by Crippen LogP contribution is -2.46. The van der Waals surface area contributed by atoms with Gasteiger partial charge >= 0.3 is 12.4 Å². The monoisotopic (exact) mass is 458 g/mol. The topological polar surface area (TPSA) is 74.8 Å². The fourth-order valence-electron chi connectivity index (χ4n) is 3.82. The van der Waals surface area contributed by atoms with Gasteiger partial charge in [0.2, 0.25) is 0 Å². The third kappa shape index (κ3) is 4.41. The predicted octanol–water partition coefficient (Wildman–Crippen LogP) is 4.26. The van der Waals surface area contributed by atoms with E-state index in [-0.39, 0.29) is 12.1 Å². The highest BCUT2D eigenvalue weighted by atomic mass is 19.4. The molecule has 0 spiro atoms. The van der Waals surface area contributed by atoms with Crippen molar-refractivity contribution in [2.75, 3.05) is 23.9 Å². The van der Waals surface area contributed by atoms with Gasteiger partial charge in [-0.2, -0.15) is 0 Å². The van der Waals surface area contributed by atoms with Crippen LogP contribution in [0.4, 0.5) is 29.5 Å². The molecule has 0 bridgehead atoms. The van der Waals surface area contributed by atoms with Crippen molar-refractivity contribution in [2.24, 2.45) is 0 Å². The largest absolute Gasteiger partial charge is 0.573 e. The molecule has 10 heteroatoms. The second-order valence-electron chi connectivity index (χ2n) is 8.17. The van der Waals surface area contributed by atoms with Gasteiger partial charge in [-0.15, -0.1) is 13.2 Å². The zero-order valence-electron chi connectivity index (χ0n) is 18.1. The molecule has 0 aliphatic carbocycles. The van der Waals surface area contributed by atoms with E-state index in [0.29, 0.717) is 5.82 Å². The number of fused-ring (bicyclic) bond motifs is 1. The van der Waals surface area contributed by atoms with Crippen LogP contribution in [-0.4, -0.2) is 42.9 Å². The summed E-state index contributed by atoms with van der Waals surface area (Å²) in [4.78, 5) is 33.4. The number of aromatic nitrogens is 1. The number of pyridine rings is 1. The van der Waals surface area contributed by atoms with Crippen molar-refractivity contribution < 1.29 is 27.5 Å². The minimum absolute atomic E-state index is 0.143. The van der Waals surface area contributed by atoms with E-state index in [9.17, 15) is 22.8 Å². The first-order valence-electron chi connectivity index (χ1n) is 10.1. The van der Waals surface area contributed by atoms with E-state index in [2.05, 4.69) is 15.0 Å². The van der Waals surface area contributed by atoms with Gasteiger partial charge in [0.1, 0.15) is 17.1 Å². The van der Waals surface area contributed by atoms with E-state index in [0.717, 1.165) is 33.5 Å². The Kier molecular flexibility index (Phi) is 5.39. The average Bonchev–Trinajstić information content (AvgIpc) is 2.95. The molecule has 0 radical (unpaired) electrons. The maximum absolute atomic E-state index is 13.3. The summed E-state index contributed by atoms with van der Waals surface area (Å²) in [5.41, 5.74) is 0.475. The number of rotatable bonds is 5. The Bertz CT molecular complexity index is 1230. The number of nitrogens with zero attached hydrogens (tertiary/aromatic N) is 3. The van der Waals surface area contributed by atoms with Crippen LogP contribution in [0.15, 0.2) is 54.6 Å². The van der Waals surface area contributed by atoms with Crippen LogP contribution in [0.1, 0.15) is 12.5 Å². The van der Waals surface area contributed by atoms with Crippen molar-refractivity contribution in [1.82, 2.24) is 10.3 Å². The van der Waals surface area contributed by atoms with Crippen LogP contribution in [0.25, 0.3) is 10.9 Å². The van der Waals surface area contributed by atoms with Gasteiger partial charge in [0, 0.05) is 25.9 Å². The van der Waals surface area contributed by atoms with E-state index in [4.69, 9.17) is 0 Å². The summed E-state index contributed by atoms with van der Waals surface area (Å²) in [6.45, 7) is 1.62. The molecule has 172 valence electrons. The summed E-state index contributed by atoms with van der Waals surface area (Å²) >= 11 is 0. The highest BCUT2D eigenvalue weighted by Gasteiger charge is 2.48. The number of hydrogen-bond donors (Lipinski definition) is 1. The van der Waals surface area contributed by atoms with E-state index in [1.165, 1.54) is 12.1 Å². The van der Waals surface area contributed by atoms with Crippen LogP contribution < -0.4 is 19.9 Å². The summed E-state index contributed by atoms with van der Waals surface area (Å²) in [6.07, 6.45) is -4.63. The minimum atomic E-state index is -4.83. The standard InChI is InChI=1S/C23H21F3N4O3/c1-22(13-14-12-19(29(2)3)27-18-7-5-4-6-17(14)18)20(31)30(21(32)28-22)15-8-10-16(11-9-15)33-23(24,25)26/h4-12H,13H2,1-3H3,(H,28,32). The number of benzene rings is 2. The molecule has 1 aromatic heterocycles. The number of para-hydroxylation sites is 1. The Morgan fingerprint density at radius 3 is 2.39 bits per heavy atom. The normalized spacial score (nSPS) is 18.5. The first-order chi connectivity index (χ1) is 15.5. The maximum atomic E-state index is 13.3. The second-order valence-corrected chi connectivity index (χ2v) is 8.17. The molecule has 3 amide bonds. The molecule has 1 fully saturated rings. The van der Waals surface area contributed by atoms with Gasteiger partial charge in [-0.1, -0.05) is 18.2 Å². The predicted molar refractivity (Wildman–Crippen MR) is 117 cm³/mol. The van der Waals surface area contributed by atoms with Crippen molar-refractivity contribution in [2.45, 2.75) is 25.2 Å². The fourth-order valence-corrected chi connectivity index (χ4v) is 3.82. The zero-order valence-corrected chi connectivity index (χ0v) is 18.1. The molecule has 1 N–H and O–H groups in total. The summed E-state index contributed by atoms with van der Waals surface area (Å²) in [5, 5.41) is 3.60. The highest BCUT2D eigenvalue weighted by Crippen LogP contribution is 2.32. The Labute approximate surface area is 187 Å². The molecular weight excluding hydrogens is 437 g/mol. The SMILES string of the molecule is CN(C)c1cc(CC2(C)NC(=O)N(c3ccc(OC(F)(F)F)cc3)C2=O)c2ccccc2n1. The lowest BCUT2D eigenvalue weighted by Gasteiger charge is -2.24. The number of anilines is 2. The van der Waals surface area contributed by atoms with Crippen molar-refractivity contribution in [3.05, 3.63) is 60.2 Å². The summed E-state index contributed by atoms with van der Waals surface area (Å²) < 4.78 is 41.1. The van der Waals surface area contributed by atoms with Crippen LogP contribution in [0.5, 0.6) is 5.75 Å². The molecule has 0 saturated carbocycles. The Morgan fingerprint density at radius 1 is 1.09 bits per heavy atom. The second kappa shape index (κ2) is 7.95. The Balaban J connectivity index is 1.64. The molecule has 2 aromatic carbocycles. The molecule has 3 aromatic rings.